The Morgan fingerprint density at radius 2 is 2.13 bits per heavy atom. The predicted octanol–water partition coefficient (Wildman–Crippen LogP) is 2.02. The monoisotopic (exact) mass is 209 g/mol. The van der Waals surface area contributed by atoms with Crippen molar-refractivity contribution in [2.45, 2.75) is 26.2 Å². The van der Waals surface area contributed by atoms with Gasteiger partial charge in [0.2, 0.25) is 0 Å². The summed E-state index contributed by atoms with van der Waals surface area (Å²) in [6.45, 7) is 2.06. The molecule has 4 nitrogen and oxygen atoms in total. The van der Waals surface area contributed by atoms with Crippen LogP contribution in [0.4, 0.5) is 5.69 Å². The van der Waals surface area contributed by atoms with E-state index in [9.17, 15) is 9.90 Å². The summed E-state index contributed by atoms with van der Waals surface area (Å²) in [6, 6.07) is 3.05. The van der Waals surface area contributed by atoms with Gasteiger partial charge in [-0.3, -0.25) is 0 Å². The molecule has 0 unspecified atom stereocenters. The van der Waals surface area contributed by atoms with E-state index in [1.54, 1.807) is 6.07 Å². The van der Waals surface area contributed by atoms with Crippen LogP contribution in [0.3, 0.4) is 0 Å². The number of nitrogens with two attached hydrogens (primary N) is 1. The highest BCUT2D eigenvalue weighted by Crippen LogP contribution is 2.29. The Labute approximate surface area is 88.3 Å². The summed E-state index contributed by atoms with van der Waals surface area (Å²) < 4.78 is 0. The van der Waals surface area contributed by atoms with Gasteiger partial charge >= 0.3 is 5.97 Å². The largest absolute Gasteiger partial charge is 0.505 e. The van der Waals surface area contributed by atoms with Gasteiger partial charge in [-0.1, -0.05) is 19.4 Å². The van der Waals surface area contributed by atoms with E-state index in [0.29, 0.717) is 0 Å². The average Bonchev–Trinajstić information content (AvgIpc) is 2.20. The van der Waals surface area contributed by atoms with Crippen molar-refractivity contribution >= 4 is 11.7 Å². The highest BCUT2D eigenvalue weighted by Gasteiger charge is 2.14. The molecule has 82 valence electrons. The van der Waals surface area contributed by atoms with E-state index in [1.807, 2.05) is 0 Å². The number of aromatic hydroxyl groups is 1. The standard InChI is InChI=1S/C11H15NO3/c1-2-3-4-7-5-6-8(11(14)15)10(13)9(7)12/h5-6,13H,2-4,12H2,1H3,(H,14,15). The van der Waals surface area contributed by atoms with E-state index < -0.39 is 5.97 Å². The predicted molar refractivity (Wildman–Crippen MR) is 58.1 cm³/mol. The third-order valence-corrected chi connectivity index (χ3v) is 2.34. The molecule has 0 aromatic heterocycles. The van der Waals surface area contributed by atoms with Crippen LogP contribution in [0.1, 0.15) is 35.7 Å². The Balaban J connectivity index is 3.04. The molecule has 0 saturated heterocycles. The van der Waals surface area contributed by atoms with Crippen LogP contribution in [0.2, 0.25) is 0 Å². The molecule has 0 aliphatic heterocycles. The zero-order chi connectivity index (χ0) is 11.4. The summed E-state index contributed by atoms with van der Waals surface area (Å²) in [5.41, 5.74) is 6.49. The number of aromatic carboxylic acids is 1. The molecule has 4 N–H and O–H groups in total. The normalized spacial score (nSPS) is 10.2. The minimum atomic E-state index is -1.17. The van der Waals surface area contributed by atoms with Crippen molar-refractivity contribution in [1.82, 2.24) is 0 Å². The summed E-state index contributed by atoms with van der Waals surface area (Å²) >= 11 is 0. The smallest absolute Gasteiger partial charge is 0.339 e. The maximum absolute atomic E-state index is 10.7. The van der Waals surface area contributed by atoms with Gasteiger partial charge in [-0.05, 0) is 24.5 Å². The summed E-state index contributed by atoms with van der Waals surface area (Å²) in [7, 11) is 0. The van der Waals surface area contributed by atoms with Crippen molar-refractivity contribution < 1.29 is 15.0 Å². The minimum Gasteiger partial charge on any atom is -0.505 e. The van der Waals surface area contributed by atoms with Crippen LogP contribution in [0.15, 0.2) is 12.1 Å². The lowest BCUT2D eigenvalue weighted by molar-refractivity contribution is 0.0694. The zero-order valence-corrected chi connectivity index (χ0v) is 8.66. The van der Waals surface area contributed by atoms with Crippen molar-refractivity contribution in [2.24, 2.45) is 0 Å². The second-order valence-electron chi connectivity index (χ2n) is 3.44. The first-order valence-corrected chi connectivity index (χ1v) is 4.91. The number of aryl methyl sites for hydroxylation is 1. The second-order valence-corrected chi connectivity index (χ2v) is 3.44. The van der Waals surface area contributed by atoms with Crippen LogP contribution in [0, 0.1) is 0 Å². The summed E-state index contributed by atoms with van der Waals surface area (Å²) in [5, 5.41) is 18.3. The van der Waals surface area contributed by atoms with Gasteiger partial charge in [0.15, 0.2) is 5.75 Å². The van der Waals surface area contributed by atoms with Gasteiger partial charge in [0.25, 0.3) is 0 Å². The molecular weight excluding hydrogens is 194 g/mol. The van der Waals surface area contributed by atoms with Gasteiger partial charge in [0, 0.05) is 0 Å². The van der Waals surface area contributed by atoms with E-state index in [1.165, 1.54) is 6.07 Å². The van der Waals surface area contributed by atoms with Crippen molar-refractivity contribution in [3.05, 3.63) is 23.3 Å². The molecule has 15 heavy (non-hydrogen) atoms. The number of benzene rings is 1. The molecular formula is C11H15NO3. The minimum absolute atomic E-state index is 0.146. The number of carboxylic acids is 1. The summed E-state index contributed by atoms with van der Waals surface area (Å²) in [4.78, 5) is 10.7. The Hall–Kier alpha value is -1.71. The Kier molecular flexibility index (Phi) is 3.55. The number of rotatable bonds is 4. The molecule has 1 aromatic rings. The lowest BCUT2D eigenvalue weighted by atomic mass is 10.0. The van der Waals surface area contributed by atoms with Gasteiger partial charge in [-0.2, -0.15) is 0 Å². The number of hydrogen-bond acceptors (Lipinski definition) is 3. The number of unbranched alkanes of at least 4 members (excludes halogenated alkanes) is 1. The molecule has 0 aliphatic rings. The Bertz CT molecular complexity index is 374. The molecule has 0 aliphatic carbocycles. The first-order chi connectivity index (χ1) is 7.07. The molecule has 0 amide bonds. The topological polar surface area (TPSA) is 83.5 Å². The molecule has 1 aromatic carbocycles. The fourth-order valence-electron chi connectivity index (χ4n) is 1.41. The Morgan fingerprint density at radius 1 is 1.47 bits per heavy atom. The molecule has 1 rings (SSSR count). The fourth-order valence-corrected chi connectivity index (χ4v) is 1.41. The lowest BCUT2D eigenvalue weighted by Crippen LogP contribution is -2.02. The van der Waals surface area contributed by atoms with Gasteiger partial charge in [-0.15, -0.1) is 0 Å². The van der Waals surface area contributed by atoms with Crippen LogP contribution in [-0.4, -0.2) is 16.2 Å². The molecule has 4 heteroatoms. The van der Waals surface area contributed by atoms with Crippen LogP contribution in [0.25, 0.3) is 0 Å². The summed E-state index contributed by atoms with van der Waals surface area (Å²) in [5.74, 6) is -1.49. The maximum Gasteiger partial charge on any atom is 0.339 e. The number of hydrogen-bond donors (Lipinski definition) is 3. The highest BCUT2D eigenvalue weighted by atomic mass is 16.4. The number of carboxylic acid groups (broad SMARTS) is 1. The first-order valence-electron chi connectivity index (χ1n) is 4.91. The van der Waals surface area contributed by atoms with Crippen molar-refractivity contribution in [3.63, 3.8) is 0 Å². The van der Waals surface area contributed by atoms with E-state index in [-0.39, 0.29) is 17.0 Å². The Morgan fingerprint density at radius 3 is 2.67 bits per heavy atom. The van der Waals surface area contributed by atoms with Crippen molar-refractivity contribution in [1.29, 1.82) is 0 Å². The van der Waals surface area contributed by atoms with Gasteiger partial charge in [0.05, 0.1) is 5.69 Å². The molecule has 0 saturated carbocycles. The van der Waals surface area contributed by atoms with Gasteiger partial charge < -0.3 is 15.9 Å². The van der Waals surface area contributed by atoms with Crippen LogP contribution in [0.5, 0.6) is 5.75 Å². The zero-order valence-electron chi connectivity index (χ0n) is 8.66. The second kappa shape index (κ2) is 4.68. The third kappa shape index (κ3) is 2.40. The van der Waals surface area contributed by atoms with Gasteiger partial charge in [0.1, 0.15) is 5.56 Å². The molecule has 0 radical (unpaired) electrons. The van der Waals surface area contributed by atoms with Crippen LogP contribution >= 0.6 is 0 Å². The number of nitrogen functional groups attached to an aromatic ring is 1. The van der Waals surface area contributed by atoms with Crippen LogP contribution in [-0.2, 0) is 6.42 Å². The fraction of sp³-hybridized carbons (Fsp3) is 0.364. The molecule has 0 atom stereocenters. The quantitative estimate of drug-likeness (QED) is 0.523. The van der Waals surface area contributed by atoms with E-state index >= 15 is 0 Å². The maximum atomic E-state index is 10.7. The molecule has 0 spiro atoms. The average molecular weight is 209 g/mol. The first kappa shape index (κ1) is 11.4. The van der Waals surface area contributed by atoms with Crippen molar-refractivity contribution in [3.8, 4) is 5.75 Å². The molecule has 0 heterocycles. The highest BCUT2D eigenvalue weighted by molar-refractivity contribution is 5.93. The van der Waals surface area contributed by atoms with Gasteiger partial charge in [-0.25, -0.2) is 4.79 Å². The SMILES string of the molecule is CCCCc1ccc(C(=O)O)c(O)c1N. The molecule has 0 fully saturated rings. The number of anilines is 1. The van der Waals surface area contributed by atoms with E-state index in [4.69, 9.17) is 10.8 Å². The molecule has 0 bridgehead atoms. The lowest BCUT2D eigenvalue weighted by Gasteiger charge is -2.08. The summed E-state index contributed by atoms with van der Waals surface area (Å²) in [6.07, 6.45) is 2.76. The van der Waals surface area contributed by atoms with E-state index in [2.05, 4.69) is 6.92 Å². The number of carbonyl (C=O) groups is 1. The number of phenols is 1. The van der Waals surface area contributed by atoms with Crippen LogP contribution < -0.4 is 5.73 Å². The van der Waals surface area contributed by atoms with E-state index in [0.717, 1.165) is 24.8 Å². The van der Waals surface area contributed by atoms with Crippen molar-refractivity contribution in [2.75, 3.05) is 5.73 Å². The third-order valence-electron chi connectivity index (χ3n) is 2.34.